The van der Waals surface area contributed by atoms with Gasteiger partial charge in [0.25, 0.3) is 0 Å². The first-order valence-corrected chi connectivity index (χ1v) is 11.5. The molecule has 6 nitrogen and oxygen atoms in total. The summed E-state index contributed by atoms with van der Waals surface area (Å²) in [6.45, 7) is 0. The number of nitrogens with zero attached hydrogens (tertiary/aromatic N) is 1. The lowest BCUT2D eigenvalue weighted by Gasteiger charge is -2.18. The number of ether oxygens (including phenoxy) is 1. The second kappa shape index (κ2) is 9.50. The van der Waals surface area contributed by atoms with Crippen LogP contribution in [0.15, 0.2) is 97.1 Å². The molecule has 0 aromatic heterocycles. The Balaban J connectivity index is 1.36. The van der Waals surface area contributed by atoms with Gasteiger partial charge in [-0.3, -0.25) is 19.3 Å². The average Bonchev–Trinajstić information content (AvgIpc) is 3.17. The van der Waals surface area contributed by atoms with Crippen molar-refractivity contribution in [3.05, 3.63) is 114 Å². The van der Waals surface area contributed by atoms with Crippen LogP contribution < -0.4 is 4.90 Å². The van der Waals surface area contributed by atoms with Crippen molar-refractivity contribution in [2.75, 3.05) is 4.90 Å². The van der Waals surface area contributed by atoms with E-state index < -0.39 is 12.1 Å². The second-order valence-corrected chi connectivity index (χ2v) is 8.64. The van der Waals surface area contributed by atoms with E-state index in [2.05, 4.69) is 0 Å². The van der Waals surface area contributed by atoms with Gasteiger partial charge < -0.3 is 4.74 Å². The van der Waals surface area contributed by atoms with Crippen LogP contribution in [0.5, 0.6) is 0 Å². The van der Waals surface area contributed by atoms with E-state index in [-0.39, 0.29) is 35.0 Å². The van der Waals surface area contributed by atoms with E-state index in [1.54, 1.807) is 60.7 Å². The van der Waals surface area contributed by atoms with Crippen LogP contribution in [0.2, 0.25) is 0 Å². The van der Waals surface area contributed by atoms with Crippen LogP contribution in [-0.4, -0.2) is 23.6 Å². The van der Waals surface area contributed by atoms with Crippen LogP contribution in [-0.2, 0) is 14.3 Å². The Morgan fingerprint density at radius 2 is 1.26 bits per heavy atom. The van der Waals surface area contributed by atoms with Crippen LogP contribution in [0.1, 0.15) is 45.2 Å². The maximum absolute atomic E-state index is 13.2. The van der Waals surface area contributed by atoms with Gasteiger partial charge in [0.2, 0.25) is 17.6 Å². The molecule has 35 heavy (non-hydrogen) atoms. The fourth-order valence-corrected chi connectivity index (χ4v) is 4.63. The molecule has 6 heteroatoms. The number of amides is 2. The summed E-state index contributed by atoms with van der Waals surface area (Å²) < 4.78 is 5.68. The summed E-state index contributed by atoms with van der Waals surface area (Å²) in [7, 11) is 0. The Morgan fingerprint density at radius 3 is 1.83 bits per heavy atom. The Labute approximate surface area is 202 Å². The number of Topliss-reactive ketones (excluding diaryl/α,β-unsaturated/α-hetero) is 1. The lowest BCUT2D eigenvalue weighted by Crippen LogP contribution is -2.30. The summed E-state index contributed by atoms with van der Waals surface area (Å²) >= 11 is 0. The number of imide groups is 1. The summed E-state index contributed by atoms with van der Waals surface area (Å²) in [5.41, 5.74) is 1.64. The number of esters is 1. The Hall–Kier alpha value is -4.32. The SMILES string of the molecule is O=C(O[C@@H](C(=O)c1ccccc1)c1ccccc1)c1ccc(N2C(=O)[C@H]3CC=CC[C@H]3C2=O)cc1. The molecular weight excluding hydrogens is 442 g/mol. The maximum Gasteiger partial charge on any atom is 0.339 e. The van der Waals surface area contributed by atoms with Gasteiger partial charge in [0.15, 0.2) is 6.10 Å². The minimum absolute atomic E-state index is 0.211. The molecule has 1 aliphatic heterocycles. The number of carbonyl (C=O) groups excluding carboxylic acids is 4. The number of ketones is 1. The molecule has 174 valence electrons. The number of hydrogen-bond donors (Lipinski definition) is 0. The number of fused-ring (bicyclic) bond motifs is 1. The highest BCUT2D eigenvalue weighted by atomic mass is 16.5. The van der Waals surface area contributed by atoms with E-state index in [9.17, 15) is 19.2 Å². The molecule has 1 aliphatic carbocycles. The topological polar surface area (TPSA) is 80.8 Å². The van der Waals surface area contributed by atoms with Crippen LogP contribution in [0.25, 0.3) is 0 Å². The highest BCUT2D eigenvalue weighted by Crippen LogP contribution is 2.37. The predicted octanol–water partition coefficient (Wildman–Crippen LogP) is 4.92. The zero-order valence-corrected chi connectivity index (χ0v) is 18.9. The largest absolute Gasteiger partial charge is 0.445 e. The van der Waals surface area contributed by atoms with Crippen molar-refractivity contribution in [1.29, 1.82) is 0 Å². The van der Waals surface area contributed by atoms with E-state index >= 15 is 0 Å². The number of anilines is 1. The van der Waals surface area contributed by atoms with Gasteiger partial charge in [-0.1, -0.05) is 72.8 Å². The quantitative estimate of drug-likeness (QED) is 0.223. The van der Waals surface area contributed by atoms with Gasteiger partial charge in [0.05, 0.1) is 23.1 Å². The van der Waals surface area contributed by atoms with Crippen LogP contribution >= 0.6 is 0 Å². The van der Waals surface area contributed by atoms with E-state index in [4.69, 9.17) is 4.74 Å². The smallest absolute Gasteiger partial charge is 0.339 e. The Kier molecular flexibility index (Phi) is 6.10. The third-order valence-electron chi connectivity index (χ3n) is 6.49. The molecule has 3 aromatic rings. The zero-order chi connectivity index (χ0) is 24.4. The summed E-state index contributed by atoms with van der Waals surface area (Å²) in [5.74, 6) is -2.08. The summed E-state index contributed by atoms with van der Waals surface area (Å²) in [5, 5.41) is 0. The number of carbonyl (C=O) groups is 4. The Morgan fingerprint density at radius 1 is 0.714 bits per heavy atom. The van der Waals surface area contributed by atoms with E-state index in [0.717, 1.165) is 0 Å². The zero-order valence-electron chi connectivity index (χ0n) is 18.9. The third-order valence-corrected chi connectivity index (χ3v) is 6.49. The van der Waals surface area contributed by atoms with Crippen molar-refractivity contribution in [3.8, 4) is 0 Å². The average molecular weight is 466 g/mol. The fraction of sp³-hybridized carbons (Fsp3) is 0.172. The van der Waals surface area contributed by atoms with Gasteiger partial charge in [-0.05, 0) is 37.1 Å². The van der Waals surface area contributed by atoms with Gasteiger partial charge in [0.1, 0.15) is 0 Å². The molecule has 3 aromatic carbocycles. The van der Waals surface area contributed by atoms with Crippen LogP contribution in [0.4, 0.5) is 5.69 Å². The van der Waals surface area contributed by atoms with Gasteiger partial charge in [-0.2, -0.15) is 0 Å². The molecule has 0 radical (unpaired) electrons. The van der Waals surface area contributed by atoms with Crippen molar-refractivity contribution in [2.45, 2.75) is 18.9 Å². The molecule has 1 fully saturated rings. The molecule has 3 atom stereocenters. The minimum Gasteiger partial charge on any atom is -0.445 e. The van der Waals surface area contributed by atoms with Gasteiger partial charge in [-0.15, -0.1) is 0 Å². The van der Waals surface area contributed by atoms with Crippen molar-refractivity contribution in [2.24, 2.45) is 11.8 Å². The van der Waals surface area contributed by atoms with Gasteiger partial charge in [0, 0.05) is 11.1 Å². The molecule has 0 N–H and O–H groups in total. The molecule has 0 unspecified atom stereocenters. The highest BCUT2D eigenvalue weighted by molar-refractivity contribution is 6.22. The predicted molar refractivity (Wildman–Crippen MR) is 130 cm³/mol. The van der Waals surface area contributed by atoms with Crippen molar-refractivity contribution < 1.29 is 23.9 Å². The molecule has 0 bridgehead atoms. The van der Waals surface area contributed by atoms with Crippen molar-refractivity contribution in [1.82, 2.24) is 0 Å². The summed E-state index contributed by atoms with van der Waals surface area (Å²) in [6.07, 6.45) is 3.89. The number of benzene rings is 3. The van der Waals surface area contributed by atoms with Crippen LogP contribution in [0, 0.1) is 11.8 Å². The van der Waals surface area contributed by atoms with Crippen molar-refractivity contribution in [3.63, 3.8) is 0 Å². The fourth-order valence-electron chi connectivity index (χ4n) is 4.63. The molecule has 0 spiro atoms. The molecule has 1 heterocycles. The van der Waals surface area contributed by atoms with E-state index in [1.807, 2.05) is 24.3 Å². The summed E-state index contributed by atoms with van der Waals surface area (Å²) in [6, 6.07) is 23.7. The first kappa shape index (κ1) is 22.5. The first-order chi connectivity index (χ1) is 17.0. The Bertz CT molecular complexity index is 1270. The number of hydrogen-bond acceptors (Lipinski definition) is 5. The monoisotopic (exact) mass is 465 g/mol. The third kappa shape index (κ3) is 4.30. The molecule has 2 amide bonds. The first-order valence-electron chi connectivity index (χ1n) is 11.5. The van der Waals surface area contributed by atoms with Gasteiger partial charge >= 0.3 is 5.97 Å². The highest BCUT2D eigenvalue weighted by Gasteiger charge is 2.47. The molecule has 1 saturated heterocycles. The van der Waals surface area contributed by atoms with E-state index in [1.165, 1.54) is 17.0 Å². The molecular formula is C29H23NO5. The molecule has 5 rings (SSSR count). The molecule has 2 aliphatic rings. The van der Waals surface area contributed by atoms with E-state index in [0.29, 0.717) is 29.7 Å². The minimum atomic E-state index is -1.11. The molecule has 0 saturated carbocycles. The lowest BCUT2D eigenvalue weighted by atomic mass is 9.85. The number of allylic oxidation sites excluding steroid dienone is 2. The lowest BCUT2D eigenvalue weighted by molar-refractivity contribution is -0.122. The van der Waals surface area contributed by atoms with Gasteiger partial charge in [-0.25, -0.2) is 4.79 Å². The van der Waals surface area contributed by atoms with Crippen molar-refractivity contribution >= 4 is 29.3 Å². The maximum atomic E-state index is 13.2. The standard InChI is InChI=1S/C29H23NO5/c31-25(19-9-3-1-4-10-19)26(20-11-5-2-6-12-20)35-29(34)21-15-17-22(18-16-21)30-27(32)23-13-7-8-14-24(23)28(30)33/h1-12,15-18,23-24,26H,13-14H2/t23-,24+,26-/m1/s1. The summed E-state index contributed by atoms with van der Waals surface area (Å²) in [4.78, 5) is 53.0. The number of rotatable bonds is 6. The second-order valence-electron chi connectivity index (χ2n) is 8.64. The van der Waals surface area contributed by atoms with Crippen LogP contribution in [0.3, 0.4) is 0 Å². The normalized spacial score (nSPS) is 19.8.